The van der Waals surface area contributed by atoms with Crippen LogP contribution in [0.15, 0.2) is 71.8 Å². The van der Waals surface area contributed by atoms with Crippen LogP contribution >= 0.6 is 11.6 Å². The first-order chi connectivity index (χ1) is 19.4. The van der Waals surface area contributed by atoms with Gasteiger partial charge in [0.25, 0.3) is 10.0 Å². The summed E-state index contributed by atoms with van der Waals surface area (Å²) in [7, 11) is -2.56. The maximum atomic E-state index is 13.1. The Kier molecular flexibility index (Phi) is 9.12. The van der Waals surface area contributed by atoms with E-state index in [1.807, 2.05) is 0 Å². The van der Waals surface area contributed by atoms with Crippen molar-refractivity contribution >= 4 is 56.3 Å². The number of amides is 1. The molecule has 2 aromatic carbocycles. The second-order valence-electron chi connectivity index (χ2n) is 8.38. The Morgan fingerprint density at radius 3 is 2.07 bits per heavy atom. The van der Waals surface area contributed by atoms with Crippen LogP contribution < -0.4 is 9.62 Å². The molecule has 0 spiro atoms. The Morgan fingerprint density at radius 1 is 0.952 bits per heavy atom. The Bertz CT molecular complexity index is 1640. The van der Waals surface area contributed by atoms with Crippen molar-refractivity contribution in [2.75, 3.05) is 16.7 Å². The number of nitrogens with one attached hydrogen (secondary N) is 2. The lowest BCUT2D eigenvalue weighted by atomic mass is 9.85. The van der Waals surface area contributed by atoms with Gasteiger partial charge in [-0.3, -0.25) is 18.7 Å². The number of Topliss-reactive ketones (excluding diaryl/α,β-unsaturated/α-hetero) is 2. The first-order valence-electron chi connectivity index (χ1n) is 11.3. The molecule has 1 amide bonds. The highest BCUT2D eigenvalue weighted by molar-refractivity contribution is 7.92. The number of nitrogens with zero attached hydrogens (tertiary/aromatic N) is 2. The van der Waals surface area contributed by atoms with E-state index in [1.54, 1.807) is 42.5 Å². The molecule has 42 heavy (non-hydrogen) atoms. The highest BCUT2D eigenvalue weighted by atomic mass is 35.5. The van der Waals surface area contributed by atoms with Crippen molar-refractivity contribution in [2.45, 2.75) is 23.2 Å². The zero-order valence-electron chi connectivity index (χ0n) is 20.9. The molecule has 17 heteroatoms. The number of sulfonamides is 1. The first-order valence-corrected chi connectivity index (χ1v) is 13.1. The van der Waals surface area contributed by atoms with E-state index in [1.165, 1.54) is 31.4 Å². The molecule has 1 unspecified atom stereocenters. The van der Waals surface area contributed by atoms with Crippen molar-refractivity contribution in [2.24, 2.45) is 0 Å². The van der Waals surface area contributed by atoms with Gasteiger partial charge in [0.2, 0.25) is 5.91 Å². The fourth-order valence-corrected chi connectivity index (χ4v) is 5.01. The van der Waals surface area contributed by atoms with Crippen LogP contribution in [0.5, 0.6) is 0 Å². The molecule has 2 heterocycles. The number of para-hydroxylation sites is 1. The number of carbonyl (C=O) groups is 3. The molecule has 0 radical (unpaired) electrons. The summed E-state index contributed by atoms with van der Waals surface area (Å²) < 4.78 is 94.3. The lowest BCUT2D eigenvalue weighted by molar-refractivity contribution is -0.193. The summed E-state index contributed by atoms with van der Waals surface area (Å²) in [5.74, 6) is -8.02. The molecular weight excluding hydrogens is 618 g/mol. The van der Waals surface area contributed by atoms with Gasteiger partial charge in [0.05, 0.1) is 10.6 Å². The Hall–Kier alpha value is -4.31. The predicted octanol–water partition coefficient (Wildman–Crippen LogP) is 4.91. The van der Waals surface area contributed by atoms with Gasteiger partial charge in [-0.1, -0.05) is 35.9 Å². The third-order valence-corrected chi connectivity index (χ3v) is 7.76. The van der Waals surface area contributed by atoms with Gasteiger partial charge in [-0.2, -0.15) is 26.3 Å². The highest BCUT2D eigenvalue weighted by Gasteiger charge is 2.54. The number of alkyl halides is 6. The summed E-state index contributed by atoms with van der Waals surface area (Å²) in [5.41, 5.74) is 1.42. The molecule has 0 bridgehead atoms. The van der Waals surface area contributed by atoms with Crippen LogP contribution in [0.25, 0.3) is 0 Å². The minimum absolute atomic E-state index is 0.0467. The molecule has 0 saturated carbocycles. The summed E-state index contributed by atoms with van der Waals surface area (Å²) in [6.45, 7) is 0. The third kappa shape index (κ3) is 6.76. The quantitative estimate of drug-likeness (QED) is 0.302. The number of hydrogen-bond donors (Lipinski definition) is 2. The van der Waals surface area contributed by atoms with E-state index < -0.39 is 45.8 Å². The fourth-order valence-electron chi connectivity index (χ4n) is 3.60. The second kappa shape index (κ2) is 11.9. The first kappa shape index (κ1) is 32.2. The van der Waals surface area contributed by atoms with Crippen molar-refractivity contribution in [3.8, 4) is 0 Å². The molecular formula is C25H17ClF6N4O5S. The van der Waals surface area contributed by atoms with Gasteiger partial charge in [0, 0.05) is 29.5 Å². The molecule has 0 aliphatic carbocycles. The predicted molar refractivity (Wildman–Crippen MR) is 138 cm³/mol. The van der Waals surface area contributed by atoms with E-state index in [0.717, 1.165) is 4.31 Å². The molecule has 3 aromatic rings. The molecule has 1 aromatic heterocycles. The SMILES string of the molecule is CN(c1ccccn1)S(=O)(=O)c1ccc(Cl)c(C2C(=N)c3ccccc3NC2=O)c1.O=C(C(=O)C(F)(F)F)C(F)(F)F. The van der Waals surface area contributed by atoms with Crippen LogP contribution in [0.4, 0.5) is 37.8 Å². The van der Waals surface area contributed by atoms with Crippen LogP contribution in [-0.2, 0) is 24.4 Å². The zero-order valence-corrected chi connectivity index (χ0v) is 22.5. The summed E-state index contributed by atoms with van der Waals surface area (Å²) >= 11 is 6.34. The van der Waals surface area contributed by atoms with E-state index in [4.69, 9.17) is 17.0 Å². The lowest BCUT2D eigenvalue weighted by Gasteiger charge is -2.27. The minimum atomic E-state index is -5.77. The van der Waals surface area contributed by atoms with Gasteiger partial charge < -0.3 is 10.7 Å². The van der Waals surface area contributed by atoms with E-state index in [9.17, 15) is 49.1 Å². The molecule has 0 saturated heterocycles. The summed E-state index contributed by atoms with van der Waals surface area (Å²) in [5, 5.41) is 11.5. The van der Waals surface area contributed by atoms with Crippen molar-refractivity contribution in [3.05, 3.63) is 83.0 Å². The van der Waals surface area contributed by atoms with Crippen molar-refractivity contribution in [1.82, 2.24) is 4.98 Å². The molecule has 9 nitrogen and oxygen atoms in total. The third-order valence-electron chi connectivity index (χ3n) is 5.66. The number of hydrogen-bond acceptors (Lipinski definition) is 7. The number of fused-ring (bicyclic) bond motifs is 1. The van der Waals surface area contributed by atoms with Gasteiger partial charge in [0.1, 0.15) is 11.7 Å². The molecule has 1 aliphatic rings. The number of aromatic nitrogens is 1. The van der Waals surface area contributed by atoms with E-state index in [2.05, 4.69) is 10.3 Å². The average Bonchev–Trinajstić information content (AvgIpc) is 2.92. The average molecular weight is 635 g/mol. The van der Waals surface area contributed by atoms with Crippen molar-refractivity contribution in [1.29, 1.82) is 5.41 Å². The highest BCUT2D eigenvalue weighted by Crippen LogP contribution is 2.36. The molecule has 0 fully saturated rings. The normalized spacial score (nSPS) is 15.1. The summed E-state index contributed by atoms with van der Waals surface area (Å²) in [6.07, 6.45) is -10.0. The number of pyridine rings is 1. The number of anilines is 2. The molecule has 1 atom stereocenters. The van der Waals surface area contributed by atoms with Crippen molar-refractivity contribution in [3.63, 3.8) is 0 Å². The number of carbonyl (C=O) groups excluding carboxylic acids is 3. The van der Waals surface area contributed by atoms with Gasteiger partial charge in [-0.25, -0.2) is 13.4 Å². The standard InChI is InChI=1S/C21H17ClN4O3S.C4F6O2/c1-26(18-8-4-5-11-24-18)30(28,29)13-9-10-16(22)15(12-13)19-20(23)14-6-2-3-7-17(14)25-21(19)27;5-3(6,7)1(11)2(12)4(8,9)10/h2-12,19,23H,1H3,(H,25,27);. The van der Waals surface area contributed by atoms with Gasteiger partial charge in [0.15, 0.2) is 0 Å². The zero-order chi connectivity index (χ0) is 31.6. The van der Waals surface area contributed by atoms with Crippen LogP contribution in [0, 0.1) is 5.41 Å². The van der Waals surface area contributed by atoms with Crippen LogP contribution in [0.2, 0.25) is 5.02 Å². The Balaban J connectivity index is 0.000000343. The Morgan fingerprint density at radius 2 is 1.52 bits per heavy atom. The molecule has 2 N–H and O–H groups in total. The van der Waals surface area contributed by atoms with Gasteiger partial charge in [-0.05, 0) is 42.0 Å². The van der Waals surface area contributed by atoms with Crippen LogP contribution in [0.1, 0.15) is 17.0 Å². The van der Waals surface area contributed by atoms with Gasteiger partial charge in [-0.15, -0.1) is 0 Å². The minimum Gasteiger partial charge on any atom is -0.325 e. The van der Waals surface area contributed by atoms with Crippen molar-refractivity contribution < 1.29 is 49.1 Å². The number of halogens is 7. The molecule has 1 aliphatic heterocycles. The van der Waals surface area contributed by atoms with Gasteiger partial charge >= 0.3 is 23.9 Å². The van der Waals surface area contributed by atoms with E-state index in [0.29, 0.717) is 11.3 Å². The maximum Gasteiger partial charge on any atom is 0.458 e. The number of benzene rings is 2. The topological polar surface area (TPSA) is 137 Å². The number of rotatable bonds is 5. The molecule has 4 rings (SSSR count). The maximum absolute atomic E-state index is 13.1. The second-order valence-corrected chi connectivity index (χ2v) is 10.8. The largest absolute Gasteiger partial charge is 0.458 e. The smallest absolute Gasteiger partial charge is 0.325 e. The monoisotopic (exact) mass is 634 g/mol. The fraction of sp³-hybridized carbons (Fsp3) is 0.160. The van der Waals surface area contributed by atoms with Crippen LogP contribution in [0.3, 0.4) is 0 Å². The molecule has 222 valence electrons. The number of ketones is 2. The summed E-state index contributed by atoms with van der Waals surface area (Å²) in [6, 6.07) is 16.1. The van der Waals surface area contributed by atoms with E-state index >= 15 is 0 Å². The lowest BCUT2D eigenvalue weighted by Crippen LogP contribution is -2.39. The Labute approximate surface area is 238 Å². The summed E-state index contributed by atoms with van der Waals surface area (Å²) in [4.78, 5) is 36.0. The van der Waals surface area contributed by atoms with Crippen LogP contribution in [-0.4, -0.2) is 56.0 Å². The van der Waals surface area contributed by atoms with E-state index in [-0.39, 0.29) is 27.0 Å².